The number of fused-ring (bicyclic) bond motifs is 1. The van der Waals surface area contributed by atoms with E-state index in [1.165, 1.54) is 6.07 Å². The zero-order chi connectivity index (χ0) is 20.1. The minimum absolute atomic E-state index is 0.0834. The van der Waals surface area contributed by atoms with Crippen LogP contribution >= 0.6 is 0 Å². The summed E-state index contributed by atoms with van der Waals surface area (Å²) in [5.74, 6) is 0.202. The van der Waals surface area contributed by atoms with Crippen molar-refractivity contribution in [3.63, 3.8) is 0 Å². The Labute approximate surface area is 163 Å². The quantitative estimate of drug-likeness (QED) is 0.571. The Balaban J connectivity index is 1.91. The van der Waals surface area contributed by atoms with Crippen molar-refractivity contribution >= 4 is 28.2 Å². The first-order chi connectivity index (χ1) is 13.5. The minimum atomic E-state index is -0.577. The third kappa shape index (κ3) is 4.53. The van der Waals surface area contributed by atoms with E-state index >= 15 is 0 Å². The average molecular weight is 378 g/mol. The molecule has 0 fully saturated rings. The summed E-state index contributed by atoms with van der Waals surface area (Å²) in [6.45, 7) is 4.52. The fourth-order valence-electron chi connectivity index (χ4n) is 3.04. The number of benzene rings is 1. The lowest BCUT2D eigenvalue weighted by Crippen LogP contribution is -2.31. The largest absolute Gasteiger partial charge is 0.364 e. The van der Waals surface area contributed by atoms with Gasteiger partial charge in [-0.3, -0.25) is 4.98 Å². The molecule has 1 atom stereocenters. The van der Waals surface area contributed by atoms with Crippen LogP contribution in [0.4, 0.5) is 21.7 Å². The molecule has 3 rings (SSSR count). The van der Waals surface area contributed by atoms with E-state index in [2.05, 4.69) is 34.4 Å². The Morgan fingerprint density at radius 2 is 2.04 bits per heavy atom. The van der Waals surface area contributed by atoms with Crippen molar-refractivity contribution in [2.45, 2.75) is 26.3 Å². The molecule has 2 heterocycles. The molecule has 0 bridgehead atoms. The number of nitriles is 1. The van der Waals surface area contributed by atoms with Crippen molar-refractivity contribution < 1.29 is 4.39 Å². The van der Waals surface area contributed by atoms with Gasteiger partial charge in [-0.1, -0.05) is 19.9 Å². The SMILES string of the molecule is CC(C)C[C@H](CN)Nc1nc(Nc2ccc3ncccc3c2)c(C#N)cc1F. The van der Waals surface area contributed by atoms with Crippen molar-refractivity contribution in [2.75, 3.05) is 17.2 Å². The number of rotatable bonds is 7. The lowest BCUT2D eigenvalue weighted by atomic mass is 10.0. The summed E-state index contributed by atoms with van der Waals surface area (Å²) < 4.78 is 14.4. The van der Waals surface area contributed by atoms with Gasteiger partial charge in [0, 0.05) is 29.9 Å². The first kappa shape index (κ1) is 19.5. The highest BCUT2D eigenvalue weighted by atomic mass is 19.1. The highest BCUT2D eigenvalue weighted by molar-refractivity contribution is 5.83. The Morgan fingerprint density at radius 3 is 2.75 bits per heavy atom. The summed E-state index contributed by atoms with van der Waals surface area (Å²) in [4.78, 5) is 8.61. The summed E-state index contributed by atoms with van der Waals surface area (Å²) in [5.41, 5.74) is 7.53. The molecule has 0 spiro atoms. The Kier molecular flexibility index (Phi) is 6.02. The van der Waals surface area contributed by atoms with Gasteiger partial charge in [-0.2, -0.15) is 5.26 Å². The molecular weight excluding hydrogens is 355 g/mol. The molecule has 0 saturated carbocycles. The first-order valence-electron chi connectivity index (χ1n) is 9.19. The van der Waals surface area contributed by atoms with Gasteiger partial charge in [0.15, 0.2) is 17.5 Å². The van der Waals surface area contributed by atoms with E-state index < -0.39 is 5.82 Å². The molecule has 0 aliphatic heterocycles. The molecule has 6 nitrogen and oxygen atoms in total. The number of nitrogens with zero attached hydrogens (tertiary/aromatic N) is 3. The van der Waals surface area contributed by atoms with E-state index in [0.717, 1.165) is 23.0 Å². The summed E-state index contributed by atoms with van der Waals surface area (Å²) in [6, 6.07) is 12.5. The van der Waals surface area contributed by atoms with E-state index in [4.69, 9.17) is 5.73 Å². The second-order valence-corrected chi connectivity index (χ2v) is 7.07. The number of nitrogens with one attached hydrogen (secondary N) is 2. The zero-order valence-corrected chi connectivity index (χ0v) is 15.9. The molecule has 2 aromatic heterocycles. The van der Waals surface area contributed by atoms with Crippen LogP contribution in [0.5, 0.6) is 0 Å². The van der Waals surface area contributed by atoms with Crippen molar-refractivity contribution in [2.24, 2.45) is 11.7 Å². The van der Waals surface area contributed by atoms with Crippen LogP contribution in [0.3, 0.4) is 0 Å². The first-order valence-corrected chi connectivity index (χ1v) is 9.19. The lowest BCUT2D eigenvalue weighted by Gasteiger charge is -2.20. The van der Waals surface area contributed by atoms with Crippen LogP contribution in [0.2, 0.25) is 0 Å². The summed E-state index contributed by atoms with van der Waals surface area (Å²) in [6.07, 6.45) is 2.52. The smallest absolute Gasteiger partial charge is 0.166 e. The van der Waals surface area contributed by atoms with E-state index in [9.17, 15) is 9.65 Å². The van der Waals surface area contributed by atoms with Gasteiger partial charge < -0.3 is 16.4 Å². The van der Waals surface area contributed by atoms with Gasteiger partial charge in [-0.25, -0.2) is 9.37 Å². The van der Waals surface area contributed by atoms with Gasteiger partial charge >= 0.3 is 0 Å². The van der Waals surface area contributed by atoms with Gasteiger partial charge in [0.25, 0.3) is 0 Å². The second kappa shape index (κ2) is 8.63. The van der Waals surface area contributed by atoms with Crippen LogP contribution in [0.25, 0.3) is 10.9 Å². The predicted molar refractivity (Wildman–Crippen MR) is 110 cm³/mol. The number of anilines is 3. The number of hydrogen-bond acceptors (Lipinski definition) is 6. The zero-order valence-electron chi connectivity index (χ0n) is 15.9. The number of nitrogens with two attached hydrogens (primary N) is 1. The van der Waals surface area contributed by atoms with E-state index in [-0.39, 0.29) is 23.2 Å². The van der Waals surface area contributed by atoms with Gasteiger partial charge in [-0.05, 0) is 42.7 Å². The number of aromatic nitrogens is 2. The van der Waals surface area contributed by atoms with Crippen molar-refractivity contribution in [3.8, 4) is 6.07 Å². The van der Waals surface area contributed by atoms with Gasteiger partial charge in [0.2, 0.25) is 0 Å². The summed E-state index contributed by atoms with van der Waals surface area (Å²) >= 11 is 0. The molecular formula is C21H23FN6. The number of pyridine rings is 2. The van der Waals surface area contributed by atoms with Crippen LogP contribution in [0, 0.1) is 23.1 Å². The molecule has 144 valence electrons. The Bertz CT molecular complexity index is 1010. The standard InChI is InChI=1S/C21H23FN6/c1-13(2)8-17(12-24)27-21-18(22)10-15(11-23)20(28-21)26-16-5-6-19-14(9-16)4-3-7-25-19/h3-7,9-10,13,17H,8,12,24H2,1-2H3,(H2,26,27,28)/t17-/m1/s1. The maximum atomic E-state index is 14.4. The third-order valence-electron chi connectivity index (χ3n) is 4.34. The maximum absolute atomic E-state index is 14.4. The summed E-state index contributed by atoms with van der Waals surface area (Å²) in [5, 5.41) is 16.5. The normalized spacial score (nSPS) is 12.0. The molecule has 3 aromatic rings. The number of halogens is 1. The monoisotopic (exact) mass is 378 g/mol. The van der Waals surface area contributed by atoms with E-state index in [1.54, 1.807) is 6.20 Å². The topological polar surface area (TPSA) is 99.7 Å². The van der Waals surface area contributed by atoms with Crippen molar-refractivity contribution in [1.29, 1.82) is 5.26 Å². The molecule has 4 N–H and O–H groups in total. The molecule has 1 aromatic carbocycles. The molecule has 0 radical (unpaired) electrons. The van der Waals surface area contributed by atoms with Gasteiger partial charge in [0.05, 0.1) is 11.1 Å². The highest BCUT2D eigenvalue weighted by Gasteiger charge is 2.16. The van der Waals surface area contributed by atoms with Gasteiger partial charge in [-0.15, -0.1) is 0 Å². The Hall–Kier alpha value is -3.24. The molecule has 0 aliphatic rings. The third-order valence-corrected chi connectivity index (χ3v) is 4.34. The van der Waals surface area contributed by atoms with Crippen molar-refractivity contribution in [1.82, 2.24) is 9.97 Å². The number of hydrogen-bond donors (Lipinski definition) is 3. The van der Waals surface area contributed by atoms with E-state index in [1.807, 2.05) is 36.4 Å². The maximum Gasteiger partial charge on any atom is 0.166 e. The molecule has 0 aliphatic carbocycles. The predicted octanol–water partition coefficient (Wildman–Crippen LogP) is 4.17. The highest BCUT2D eigenvalue weighted by Crippen LogP contribution is 2.26. The fourth-order valence-corrected chi connectivity index (χ4v) is 3.04. The molecule has 0 amide bonds. The van der Waals surface area contributed by atoms with Gasteiger partial charge in [0.1, 0.15) is 6.07 Å². The second-order valence-electron chi connectivity index (χ2n) is 7.07. The molecule has 0 unspecified atom stereocenters. The van der Waals surface area contributed by atoms with Crippen LogP contribution in [-0.2, 0) is 0 Å². The minimum Gasteiger partial charge on any atom is -0.364 e. The van der Waals surface area contributed by atoms with Crippen LogP contribution in [-0.4, -0.2) is 22.6 Å². The molecule has 0 saturated heterocycles. The van der Waals surface area contributed by atoms with Crippen LogP contribution < -0.4 is 16.4 Å². The van der Waals surface area contributed by atoms with Crippen LogP contribution in [0.1, 0.15) is 25.8 Å². The lowest BCUT2D eigenvalue weighted by molar-refractivity contribution is 0.517. The Morgan fingerprint density at radius 1 is 1.21 bits per heavy atom. The molecule has 7 heteroatoms. The molecule has 28 heavy (non-hydrogen) atoms. The fraction of sp³-hybridized carbons (Fsp3) is 0.286. The van der Waals surface area contributed by atoms with Crippen LogP contribution in [0.15, 0.2) is 42.6 Å². The van der Waals surface area contributed by atoms with E-state index in [0.29, 0.717) is 12.5 Å². The average Bonchev–Trinajstić information content (AvgIpc) is 2.69. The summed E-state index contributed by atoms with van der Waals surface area (Å²) in [7, 11) is 0. The van der Waals surface area contributed by atoms with Crippen molar-refractivity contribution in [3.05, 3.63) is 54.0 Å².